The van der Waals surface area contributed by atoms with Crippen LogP contribution in [0.15, 0.2) is 0 Å². The Morgan fingerprint density at radius 3 is 2.60 bits per heavy atom. The molecule has 1 aliphatic heterocycles. The molecular weight excluding hydrogens is 204 g/mol. The van der Waals surface area contributed by atoms with Gasteiger partial charge in [-0.3, -0.25) is 9.59 Å². The summed E-state index contributed by atoms with van der Waals surface area (Å²) in [6.45, 7) is 2.52. The molecule has 0 spiro atoms. The highest BCUT2D eigenvalue weighted by Crippen LogP contribution is 2.22. The Morgan fingerprint density at radius 2 is 2.07 bits per heavy atom. The van der Waals surface area contributed by atoms with Crippen molar-refractivity contribution >= 4 is 11.9 Å². The maximum atomic E-state index is 10.7. The fourth-order valence-electron chi connectivity index (χ4n) is 1.38. The molecule has 1 saturated heterocycles. The summed E-state index contributed by atoms with van der Waals surface area (Å²) in [5.74, 6) is -0.896. The summed E-state index contributed by atoms with van der Waals surface area (Å²) in [5, 5.41) is 9.19. The number of carbonyl (C=O) groups excluding carboxylic acids is 2. The minimum atomic E-state index is -0.977. The summed E-state index contributed by atoms with van der Waals surface area (Å²) < 4.78 is 14.7. The molecule has 0 aromatic carbocycles. The van der Waals surface area contributed by atoms with Crippen molar-refractivity contribution in [2.24, 2.45) is 0 Å². The maximum absolute atomic E-state index is 10.7. The zero-order valence-corrected chi connectivity index (χ0v) is 8.63. The van der Waals surface area contributed by atoms with Crippen LogP contribution in [-0.4, -0.2) is 42.1 Å². The zero-order valence-electron chi connectivity index (χ0n) is 8.63. The van der Waals surface area contributed by atoms with E-state index in [2.05, 4.69) is 0 Å². The quantitative estimate of drug-likeness (QED) is 0.648. The Balaban J connectivity index is 2.45. The van der Waals surface area contributed by atoms with E-state index in [1.54, 1.807) is 0 Å². The molecule has 0 bridgehead atoms. The number of esters is 2. The molecule has 6 nitrogen and oxygen atoms in total. The smallest absolute Gasteiger partial charge is 0.303 e. The summed E-state index contributed by atoms with van der Waals surface area (Å²) >= 11 is 0. The first-order valence-corrected chi connectivity index (χ1v) is 4.63. The Hall–Kier alpha value is -1.14. The second kappa shape index (κ2) is 5.09. The molecule has 0 aromatic rings. The molecule has 15 heavy (non-hydrogen) atoms. The molecule has 0 aliphatic carbocycles. The number of hydrogen-bond acceptors (Lipinski definition) is 6. The monoisotopic (exact) mass is 218 g/mol. The van der Waals surface area contributed by atoms with Gasteiger partial charge in [0, 0.05) is 20.3 Å². The predicted octanol–water partition coefficient (Wildman–Crippen LogP) is -0.412. The molecule has 1 N–H and O–H groups in total. The lowest BCUT2D eigenvalue weighted by Crippen LogP contribution is -2.31. The van der Waals surface area contributed by atoms with E-state index in [1.165, 1.54) is 13.8 Å². The molecule has 0 amide bonds. The lowest BCUT2D eigenvalue weighted by atomic mass is 10.2. The number of ether oxygens (including phenoxy) is 3. The van der Waals surface area contributed by atoms with Crippen LogP contribution >= 0.6 is 0 Å². The van der Waals surface area contributed by atoms with Crippen LogP contribution in [0.5, 0.6) is 0 Å². The van der Waals surface area contributed by atoms with Crippen molar-refractivity contribution < 1.29 is 28.9 Å². The first-order valence-electron chi connectivity index (χ1n) is 4.63. The van der Waals surface area contributed by atoms with E-state index in [1.807, 2.05) is 0 Å². The van der Waals surface area contributed by atoms with Gasteiger partial charge in [0.15, 0.2) is 6.29 Å². The van der Waals surface area contributed by atoms with Crippen LogP contribution in [-0.2, 0) is 23.8 Å². The van der Waals surface area contributed by atoms with Crippen LogP contribution in [0.2, 0.25) is 0 Å². The second-order valence-corrected chi connectivity index (χ2v) is 3.32. The molecular formula is C9H14O6. The van der Waals surface area contributed by atoms with Crippen molar-refractivity contribution in [2.75, 3.05) is 6.61 Å². The summed E-state index contributed by atoms with van der Waals surface area (Å²) in [7, 11) is 0. The summed E-state index contributed by atoms with van der Waals surface area (Å²) in [4.78, 5) is 21.3. The SMILES string of the molecule is CC(=O)OC[C@@H]1O[C@H](O)C[C@H]1OC(C)=O. The number of aliphatic hydroxyl groups is 1. The van der Waals surface area contributed by atoms with Crippen LogP contribution in [0.3, 0.4) is 0 Å². The normalized spacial score (nSPS) is 29.9. The van der Waals surface area contributed by atoms with Gasteiger partial charge in [0.05, 0.1) is 0 Å². The van der Waals surface area contributed by atoms with Gasteiger partial charge < -0.3 is 19.3 Å². The fraction of sp³-hybridized carbons (Fsp3) is 0.778. The summed E-state index contributed by atoms with van der Waals surface area (Å²) in [6, 6.07) is 0. The Morgan fingerprint density at radius 1 is 1.40 bits per heavy atom. The van der Waals surface area contributed by atoms with Crippen molar-refractivity contribution in [2.45, 2.75) is 38.8 Å². The Bertz CT molecular complexity index is 251. The molecule has 0 unspecified atom stereocenters. The van der Waals surface area contributed by atoms with Crippen molar-refractivity contribution in [1.29, 1.82) is 0 Å². The minimum absolute atomic E-state index is 0.0235. The third kappa shape index (κ3) is 3.85. The molecule has 6 heteroatoms. The average Bonchev–Trinajstić information content (AvgIpc) is 2.41. The molecule has 86 valence electrons. The van der Waals surface area contributed by atoms with Gasteiger partial charge in [0.25, 0.3) is 0 Å². The van der Waals surface area contributed by atoms with Gasteiger partial charge >= 0.3 is 11.9 Å². The second-order valence-electron chi connectivity index (χ2n) is 3.32. The lowest BCUT2D eigenvalue weighted by Gasteiger charge is -2.17. The van der Waals surface area contributed by atoms with Crippen LogP contribution in [0.4, 0.5) is 0 Å². The van der Waals surface area contributed by atoms with Gasteiger partial charge in [-0.05, 0) is 0 Å². The van der Waals surface area contributed by atoms with Gasteiger partial charge in [-0.25, -0.2) is 0 Å². The molecule has 0 radical (unpaired) electrons. The maximum Gasteiger partial charge on any atom is 0.303 e. The Kier molecular flexibility index (Phi) is 4.05. The van der Waals surface area contributed by atoms with Gasteiger partial charge in [-0.15, -0.1) is 0 Å². The molecule has 0 saturated carbocycles. The van der Waals surface area contributed by atoms with Gasteiger partial charge in [-0.1, -0.05) is 0 Å². The standard InChI is InChI=1S/C9H14O6/c1-5(10)13-4-8-7(14-6(2)11)3-9(12)15-8/h7-9,12H,3-4H2,1-2H3/t7-,8+,9+/m1/s1. The fourth-order valence-corrected chi connectivity index (χ4v) is 1.38. The molecule has 3 atom stereocenters. The van der Waals surface area contributed by atoms with E-state index in [0.717, 1.165) is 0 Å². The summed E-state index contributed by atoms with van der Waals surface area (Å²) in [5.41, 5.74) is 0. The van der Waals surface area contributed by atoms with Gasteiger partial charge in [0.1, 0.15) is 18.8 Å². The zero-order chi connectivity index (χ0) is 11.4. The van der Waals surface area contributed by atoms with Crippen molar-refractivity contribution in [3.8, 4) is 0 Å². The third-order valence-electron chi connectivity index (χ3n) is 1.95. The van der Waals surface area contributed by atoms with Gasteiger partial charge in [-0.2, -0.15) is 0 Å². The minimum Gasteiger partial charge on any atom is -0.463 e. The van der Waals surface area contributed by atoms with E-state index in [0.29, 0.717) is 0 Å². The first kappa shape index (κ1) is 11.9. The number of carbonyl (C=O) groups is 2. The topological polar surface area (TPSA) is 82.1 Å². The third-order valence-corrected chi connectivity index (χ3v) is 1.95. The van der Waals surface area contributed by atoms with Crippen LogP contribution in [0, 0.1) is 0 Å². The molecule has 1 rings (SSSR count). The highest BCUT2D eigenvalue weighted by Gasteiger charge is 2.37. The number of rotatable bonds is 3. The first-order chi connectivity index (χ1) is 6.99. The average molecular weight is 218 g/mol. The van der Waals surface area contributed by atoms with Crippen molar-refractivity contribution in [3.05, 3.63) is 0 Å². The highest BCUT2D eigenvalue weighted by molar-refractivity contribution is 5.66. The summed E-state index contributed by atoms with van der Waals surface area (Å²) in [6.07, 6.45) is -1.93. The van der Waals surface area contributed by atoms with E-state index in [-0.39, 0.29) is 13.0 Å². The predicted molar refractivity (Wildman–Crippen MR) is 47.7 cm³/mol. The Labute approximate surface area is 87.1 Å². The number of hydrogen-bond donors (Lipinski definition) is 1. The van der Waals surface area contributed by atoms with Crippen LogP contribution in [0.1, 0.15) is 20.3 Å². The molecule has 1 aliphatic rings. The van der Waals surface area contributed by atoms with E-state index < -0.39 is 30.4 Å². The molecule has 1 fully saturated rings. The van der Waals surface area contributed by atoms with Crippen molar-refractivity contribution in [3.63, 3.8) is 0 Å². The van der Waals surface area contributed by atoms with Gasteiger partial charge in [0.2, 0.25) is 0 Å². The largest absolute Gasteiger partial charge is 0.463 e. The van der Waals surface area contributed by atoms with Crippen LogP contribution in [0.25, 0.3) is 0 Å². The van der Waals surface area contributed by atoms with Crippen molar-refractivity contribution in [1.82, 2.24) is 0 Å². The van der Waals surface area contributed by atoms with E-state index >= 15 is 0 Å². The van der Waals surface area contributed by atoms with E-state index in [4.69, 9.17) is 14.2 Å². The highest BCUT2D eigenvalue weighted by atomic mass is 16.7. The van der Waals surface area contributed by atoms with E-state index in [9.17, 15) is 14.7 Å². The lowest BCUT2D eigenvalue weighted by molar-refractivity contribution is -0.159. The molecule has 0 aromatic heterocycles. The van der Waals surface area contributed by atoms with Crippen LogP contribution < -0.4 is 0 Å². The number of aliphatic hydroxyl groups excluding tert-OH is 1. The molecule has 1 heterocycles.